The van der Waals surface area contributed by atoms with Crippen LogP contribution in [0.4, 0.5) is 0 Å². The third kappa shape index (κ3) is 7.31. The van der Waals surface area contributed by atoms with E-state index in [9.17, 15) is 9.59 Å². The second-order valence-electron chi connectivity index (χ2n) is 8.18. The molecule has 1 aromatic heterocycles. The average molecular weight is 533 g/mol. The molecular formula is C22H27Cl2N3O4S2. The molecule has 2 heterocycles. The Balaban J connectivity index is 1.42. The molecule has 7 nitrogen and oxygen atoms in total. The van der Waals surface area contributed by atoms with Crippen LogP contribution < -0.4 is 5.32 Å². The van der Waals surface area contributed by atoms with Gasteiger partial charge in [0.2, 0.25) is 5.91 Å². The van der Waals surface area contributed by atoms with Crippen molar-refractivity contribution in [3.8, 4) is 0 Å². The predicted octanol–water partition coefficient (Wildman–Crippen LogP) is 4.01. The van der Waals surface area contributed by atoms with E-state index in [0.717, 1.165) is 23.0 Å². The zero-order valence-electron chi connectivity index (χ0n) is 18.7. The summed E-state index contributed by atoms with van der Waals surface area (Å²) in [7, 11) is 1.36. The molecule has 0 radical (unpaired) electrons. The van der Waals surface area contributed by atoms with Crippen molar-refractivity contribution in [2.45, 2.75) is 36.3 Å². The van der Waals surface area contributed by atoms with E-state index in [2.05, 4.69) is 15.2 Å². The minimum absolute atomic E-state index is 0.0807. The molecule has 3 rings (SSSR count). The third-order valence-electron chi connectivity index (χ3n) is 5.29. The summed E-state index contributed by atoms with van der Waals surface area (Å²) in [5.74, 6) is -0.192. The minimum atomic E-state index is -0.826. The molecule has 1 unspecified atom stereocenters. The number of esters is 1. The van der Waals surface area contributed by atoms with E-state index in [1.807, 2.05) is 17.5 Å². The topological polar surface area (TPSA) is 80.8 Å². The van der Waals surface area contributed by atoms with Crippen molar-refractivity contribution in [2.75, 3.05) is 39.1 Å². The van der Waals surface area contributed by atoms with Gasteiger partial charge in [0.25, 0.3) is 0 Å². The first kappa shape index (κ1) is 26.2. The number of carbonyl (C=O) groups excluding carboxylic acids is 2. The normalized spacial score (nSPS) is 17.1. The molecule has 1 aliphatic rings. The highest BCUT2D eigenvalue weighted by atomic mass is 35.5. The van der Waals surface area contributed by atoms with Gasteiger partial charge in [0.15, 0.2) is 4.34 Å². The van der Waals surface area contributed by atoms with Gasteiger partial charge in [-0.1, -0.05) is 41.0 Å². The molecule has 1 saturated heterocycles. The number of hydrogen-bond donors (Lipinski definition) is 1. The first-order valence-corrected chi connectivity index (χ1v) is 13.0. The Hall–Kier alpha value is -1.36. The fourth-order valence-electron chi connectivity index (χ4n) is 3.32. The van der Waals surface area contributed by atoms with Gasteiger partial charge in [-0.3, -0.25) is 14.5 Å². The van der Waals surface area contributed by atoms with Crippen molar-refractivity contribution in [3.05, 3.63) is 44.9 Å². The summed E-state index contributed by atoms with van der Waals surface area (Å²) in [5, 5.41) is 5.86. The van der Waals surface area contributed by atoms with Crippen LogP contribution >= 0.6 is 46.3 Å². The van der Waals surface area contributed by atoms with Crippen LogP contribution in [0.5, 0.6) is 0 Å². The van der Waals surface area contributed by atoms with Crippen LogP contribution in [0, 0.1) is 0 Å². The summed E-state index contributed by atoms with van der Waals surface area (Å²) in [5.41, 5.74) is 0.900. The maximum atomic E-state index is 12.3. The summed E-state index contributed by atoms with van der Waals surface area (Å²) in [6.07, 6.45) is -0.0807. The van der Waals surface area contributed by atoms with E-state index < -0.39 is 5.41 Å². The molecular weight excluding hydrogens is 505 g/mol. The van der Waals surface area contributed by atoms with E-state index >= 15 is 0 Å². The molecule has 180 valence electrons. The van der Waals surface area contributed by atoms with Gasteiger partial charge in [0, 0.05) is 31.6 Å². The van der Waals surface area contributed by atoms with Crippen LogP contribution in [-0.4, -0.2) is 67.0 Å². The summed E-state index contributed by atoms with van der Waals surface area (Å²) in [4.78, 5) is 31.0. The highest BCUT2D eigenvalue weighted by molar-refractivity contribution is 8.01. The van der Waals surface area contributed by atoms with Crippen LogP contribution in [-0.2, 0) is 31.0 Å². The number of halogens is 2. The van der Waals surface area contributed by atoms with E-state index in [1.165, 1.54) is 30.2 Å². The zero-order valence-corrected chi connectivity index (χ0v) is 21.9. The number of thioether (sulfide) groups is 1. The fraction of sp³-hybridized carbons (Fsp3) is 0.500. The van der Waals surface area contributed by atoms with Crippen molar-refractivity contribution in [2.24, 2.45) is 0 Å². The van der Waals surface area contributed by atoms with Gasteiger partial charge < -0.3 is 14.8 Å². The third-order valence-corrected chi connectivity index (χ3v) is 8.05. The van der Waals surface area contributed by atoms with Gasteiger partial charge in [-0.05, 0) is 31.5 Å². The maximum Gasteiger partial charge on any atom is 0.317 e. The number of hydrogen-bond acceptors (Lipinski definition) is 8. The molecule has 1 atom stereocenters. The number of thiazole rings is 1. The summed E-state index contributed by atoms with van der Waals surface area (Å²) < 4.78 is 11.4. The minimum Gasteiger partial charge on any atom is -0.468 e. The van der Waals surface area contributed by atoms with Crippen molar-refractivity contribution in [3.63, 3.8) is 0 Å². The van der Waals surface area contributed by atoms with Crippen molar-refractivity contribution >= 4 is 58.2 Å². The number of morpholine rings is 1. The number of carbonyl (C=O) groups is 2. The Bertz CT molecular complexity index is 986. The number of rotatable bonds is 9. The van der Waals surface area contributed by atoms with Crippen LogP contribution in [0.15, 0.2) is 27.9 Å². The van der Waals surface area contributed by atoms with Crippen molar-refractivity contribution < 1.29 is 19.1 Å². The van der Waals surface area contributed by atoms with Crippen LogP contribution in [0.1, 0.15) is 25.1 Å². The lowest BCUT2D eigenvalue weighted by Crippen LogP contribution is -2.47. The number of aromatic nitrogens is 1. The molecule has 0 spiro atoms. The van der Waals surface area contributed by atoms with E-state index in [1.54, 1.807) is 19.9 Å². The van der Waals surface area contributed by atoms with Gasteiger partial charge in [-0.2, -0.15) is 0 Å². The molecule has 2 aromatic rings. The molecule has 1 N–H and O–H groups in total. The quantitative estimate of drug-likeness (QED) is 0.386. The fourth-order valence-corrected chi connectivity index (χ4v) is 5.46. The first-order chi connectivity index (χ1) is 15.7. The lowest BCUT2D eigenvalue weighted by atomic mass is 9.90. The van der Waals surface area contributed by atoms with Crippen LogP contribution in [0.2, 0.25) is 10.0 Å². The first-order valence-electron chi connectivity index (χ1n) is 10.4. The van der Waals surface area contributed by atoms with Crippen molar-refractivity contribution in [1.29, 1.82) is 0 Å². The second kappa shape index (κ2) is 11.9. The average Bonchev–Trinajstić information content (AvgIpc) is 3.28. The largest absolute Gasteiger partial charge is 0.468 e. The number of nitrogens with one attached hydrogen (secondary N) is 1. The van der Waals surface area contributed by atoms with Crippen LogP contribution in [0.3, 0.4) is 0 Å². The highest BCUT2D eigenvalue weighted by Gasteiger charge is 2.33. The van der Waals surface area contributed by atoms with Gasteiger partial charge in [-0.15, -0.1) is 11.3 Å². The number of ether oxygens (including phenoxy) is 2. The zero-order chi connectivity index (χ0) is 24.0. The summed E-state index contributed by atoms with van der Waals surface area (Å²) in [6.45, 7) is 6.86. The van der Waals surface area contributed by atoms with Gasteiger partial charge in [-0.25, -0.2) is 4.98 Å². The molecule has 1 aliphatic heterocycles. The second-order valence-corrected chi connectivity index (χ2v) is 11.1. The van der Waals surface area contributed by atoms with E-state index in [-0.39, 0.29) is 23.7 Å². The van der Waals surface area contributed by atoms with Crippen molar-refractivity contribution in [1.82, 2.24) is 15.2 Å². The molecule has 0 saturated carbocycles. The number of amides is 1. The van der Waals surface area contributed by atoms with Gasteiger partial charge >= 0.3 is 5.97 Å². The molecule has 0 aliphatic carbocycles. The lowest BCUT2D eigenvalue weighted by molar-refractivity contribution is -0.146. The molecule has 1 amide bonds. The Morgan fingerprint density at radius 3 is 2.88 bits per heavy atom. The van der Waals surface area contributed by atoms with Gasteiger partial charge in [0.05, 0.1) is 41.3 Å². The molecule has 1 aromatic carbocycles. The highest BCUT2D eigenvalue weighted by Crippen LogP contribution is 2.30. The lowest BCUT2D eigenvalue weighted by Gasteiger charge is -2.33. The summed E-state index contributed by atoms with van der Waals surface area (Å²) >= 11 is 14.9. The van der Waals surface area contributed by atoms with Gasteiger partial charge in [0.1, 0.15) is 5.41 Å². The Morgan fingerprint density at radius 2 is 2.15 bits per heavy atom. The Kier molecular flexibility index (Phi) is 9.43. The molecule has 11 heteroatoms. The Morgan fingerprint density at radius 1 is 1.36 bits per heavy atom. The SMILES string of the molecule is COC(=O)C(C)(C)c1csc(SCC(=O)NCC2CN(Cc3ccc(Cl)c(Cl)c3)CCO2)n1. The Labute approximate surface area is 212 Å². The number of benzene rings is 1. The number of methoxy groups -OCH3 is 1. The smallest absolute Gasteiger partial charge is 0.317 e. The maximum absolute atomic E-state index is 12.3. The summed E-state index contributed by atoms with van der Waals surface area (Å²) in [6, 6.07) is 5.65. The number of nitrogens with zero attached hydrogens (tertiary/aromatic N) is 2. The molecule has 0 bridgehead atoms. The van der Waals surface area contributed by atoms with E-state index in [0.29, 0.717) is 35.4 Å². The molecule has 33 heavy (non-hydrogen) atoms. The standard InChI is InChI=1S/C22H27Cl2N3O4S2/c1-22(2,20(29)30-3)18-12-32-21(26-18)33-13-19(28)25-9-15-11-27(6-7-31-15)10-14-4-5-16(23)17(24)8-14/h4-5,8,12,15H,6-7,9-11,13H2,1-3H3,(H,25,28). The van der Waals surface area contributed by atoms with Crippen LogP contribution in [0.25, 0.3) is 0 Å². The van der Waals surface area contributed by atoms with E-state index in [4.69, 9.17) is 32.7 Å². The molecule has 1 fully saturated rings. The predicted molar refractivity (Wildman–Crippen MR) is 132 cm³/mol. The monoisotopic (exact) mass is 531 g/mol.